The first kappa shape index (κ1) is 9.48. The molecule has 2 rings (SSSR count). The number of hydrogen-bond donors (Lipinski definition) is 0. The van der Waals surface area contributed by atoms with Crippen LogP contribution in [-0.4, -0.2) is 5.48 Å². The fourth-order valence-corrected chi connectivity index (χ4v) is 1.31. The summed E-state index contributed by atoms with van der Waals surface area (Å²) < 4.78 is 0.884. The Morgan fingerprint density at radius 1 is 1.23 bits per heavy atom. The van der Waals surface area contributed by atoms with Crippen molar-refractivity contribution in [1.29, 1.82) is 0 Å². The molecule has 1 aromatic carbocycles. The maximum absolute atomic E-state index is 11.2. The molecule has 68 valence electrons. The second-order valence-electron chi connectivity index (χ2n) is 2.90. The van der Waals surface area contributed by atoms with Crippen molar-refractivity contribution in [2.24, 2.45) is 0 Å². The van der Waals surface area contributed by atoms with Crippen molar-refractivity contribution >= 4 is 10.9 Å². The third-order valence-electron chi connectivity index (χ3n) is 1.92. The van der Waals surface area contributed by atoms with Gasteiger partial charge in [0.1, 0.15) is 0 Å². The molecule has 0 amide bonds. The van der Waals surface area contributed by atoms with Gasteiger partial charge >= 0.3 is 0 Å². The maximum atomic E-state index is 11.2. The van der Waals surface area contributed by atoms with Crippen molar-refractivity contribution < 1.29 is 10.2 Å². The molecular weight excluding hydrogens is 166 g/mol. The summed E-state index contributed by atoms with van der Waals surface area (Å²) in [7, 11) is 0. The van der Waals surface area contributed by atoms with Gasteiger partial charge in [0, 0.05) is 17.5 Å². The van der Waals surface area contributed by atoms with Gasteiger partial charge in [0.05, 0.1) is 0 Å². The number of hydrogen-bond acceptors (Lipinski definition) is 1. The first-order chi connectivity index (χ1) is 5.77. The van der Waals surface area contributed by atoms with Gasteiger partial charge in [-0.25, -0.2) is 0 Å². The van der Waals surface area contributed by atoms with E-state index in [4.69, 9.17) is 0 Å². The van der Waals surface area contributed by atoms with Gasteiger partial charge < -0.3 is 10.7 Å². The lowest BCUT2D eigenvalue weighted by Gasteiger charge is -2.00. The van der Waals surface area contributed by atoms with Crippen LogP contribution < -0.4 is 4.73 Å². The van der Waals surface area contributed by atoms with E-state index in [1.54, 1.807) is 6.07 Å². The molecule has 13 heavy (non-hydrogen) atoms. The molecule has 0 aliphatic rings. The maximum Gasteiger partial charge on any atom is 0.223 e. The first-order valence-corrected chi connectivity index (χ1v) is 3.86. The van der Waals surface area contributed by atoms with Crippen molar-refractivity contribution in [3.63, 3.8) is 0 Å². The fraction of sp³-hybridized carbons (Fsp3) is 0.100. The normalized spacial score (nSPS) is 9.62. The summed E-state index contributed by atoms with van der Waals surface area (Å²) in [6, 6.07) is 9.49. The fourth-order valence-electron chi connectivity index (χ4n) is 1.31. The molecule has 0 atom stereocenters. The Labute approximate surface area is 76.1 Å². The largest absolute Gasteiger partial charge is 0.618 e. The third kappa shape index (κ3) is 1.60. The second-order valence-corrected chi connectivity index (χ2v) is 2.90. The summed E-state index contributed by atoms with van der Waals surface area (Å²) in [5, 5.41) is 12.2. The summed E-state index contributed by atoms with van der Waals surface area (Å²) in [6.45, 7) is 2.02. The molecule has 0 saturated heterocycles. The predicted molar refractivity (Wildman–Crippen MR) is 51.3 cm³/mol. The Morgan fingerprint density at radius 2 is 2.00 bits per heavy atom. The molecule has 3 nitrogen and oxygen atoms in total. The van der Waals surface area contributed by atoms with Gasteiger partial charge in [-0.2, -0.15) is 4.73 Å². The number of nitrogens with zero attached hydrogens (tertiary/aromatic N) is 1. The van der Waals surface area contributed by atoms with E-state index in [0.29, 0.717) is 0 Å². The van der Waals surface area contributed by atoms with E-state index in [0.717, 1.165) is 15.6 Å². The van der Waals surface area contributed by atoms with E-state index in [1.165, 1.54) is 11.8 Å². The van der Waals surface area contributed by atoms with Gasteiger partial charge in [0.25, 0.3) is 0 Å². The monoisotopic (exact) mass is 177 g/mol. The molecule has 1 heterocycles. The molecule has 0 saturated carbocycles. The zero-order valence-electron chi connectivity index (χ0n) is 7.32. The van der Waals surface area contributed by atoms with Crippen LogP contribution in [0.1, 0.15) is 5.56 Å². The summed E-state index contributed by atoms with van der Waals surface area (Å²) in [5.41, 5.74) is 1.90. The smallest absolute Gasteiger partial charge is 0.223 e. The second kappa shape index (κ2) is 3.41. The van der Waals surface area contributed by atoms with E-state index in [1.807, 2.05) is 31.2 Å². The Bertz CT molecular complexity index is 426. The highest BCUT2D eigenvalue weighted by Crippen LogP contribution is 2.10. The molecule has 0 spiro atoms. The van der Waals surface area contributed by atoms with Crippen molar-refractivity contribution in [2.75, 3.05) is 0 Å². The Balaban J connectivity index is 0.000000845. The Kier molecular flexibility index (Phi) is 2.49. The van der Waals surface area contributed by atoms with Crippen LogP contribution in [-0.2, 0) is 0 Å². The van der Waals surface area contributed by atoms with Crippen molar-refractivity contribution in [3.8, 4) is 0 Å². The zero-order valence-corrected chi connectivity index (χ0v) is 7.32. The minimum atomic E-state index is 0. The molecule has 0 aliphatic carbocycles. The van der Waals surface area contributed by atoms with Gasteiger partial charge in [-0.1, -0.05) is 11.6 Å². The lowest BCUT2D eigenvalue weighted by Crippen LogP contribution is -2.25. The summed E-state index contributed by atoms with van der Waals surface area (Å²) >= 11 is 0. The number of aromatic nitrogens is 1. The SMILES string of the molecule is Cc1ccc2c(ccc[n+]2[O-])c1.O. The molecule has 2 aromatic rings. The highest BCUT2D eigenvalue weighted by molar-refractivity contribution is 5.76. The van der Waals surface area contributed by atoms with Crippen LogP contribution in [0.25, 0.3) is 10.9 Å². The van der Waals surface area contributed by atoms with E-state index in [2.05, 4.69) is 0 Å². The molecule has 0 aliphatic heterocycles. The quantitative estimate of drug-likeness (QED) is 0.436. The zero-order chi connectivity index (χ0) is 8.55. The molecule has 2 N–H and O–H groups in total. The Hall–Kier alpha value is -1.61. The number of rotatable bonds is 0. The average Bonchev–Trinajstić information content (AvgIpc) is 2.04. The van der Waals surface area contributed by atoms with E-state index < -0.39 is 0 Å². The van der Waals surface area contributed by atoms with Crippen LogP contribution in [0.15, 0.2) is 36.5 Å². The van der Waals surface area contributed by atoms with Gasteiger partial charge in [-0.3, -0.25) is 0 Å². The summed E-state index contributed by atoms with van der Waals surface area (Å²) in [5.74, 6) is 0. The van der Waals surface area contributed by atoms with Crippen molar-refractivity contribution in [3.05, 3.63) is 47.3 Å². The summed E-state index contributed by atoms with van der Waals surface area (Å²) in [4.78, 5) is 0. The van der Waals surface area contributed by atoms with E-state index in [-0.39, 0.29) is 5.48 Å². The number of benzene rings is 1. The molecule has 3 heteroatoms. The molecule has 0 unspecified atom stereocenters. The molecular formula is C10H11NO2. The molecule has 1 aromatic heterocycles. The first-order valence-electron chi connectivity index (χ1n) is 3.86. The highest BCUT2D eigenvalue weighted by atomic mass is 16.5. The van der Waals surface area contributed by atoms with Gasteiger partial charge in [0.15, 0.2) is 6.20 Å². The standard InChI is InChI=1S/C10H9NO.H2O/c1-8-4-5-10-9(7-8)3-2-6-11(10)12;/h2-7H,1H3;1H2. The van der Waals surface area contributed by atoms with Crippen LogP contribution in [0.3, 0.4) is 0 Å². The predicted octanol–water partition coefficient (Wildman–Crippen LogP) is 0.957. The number of aryl methyl sites for hydroxylation is 1. The van der Waals surface area contributed by atoms with E-state index >= 15 is 0 Å². The van der Waals surface area contributed by atoms with Crippen LogP contribution >= 0.6 is 0 Å². The van der Waals surface area contributed by atoms with Crippen LogP contribution in [0, 0.1) is 12.1 Å². The van der Waals surface area contributed by atoms with Crippen LogP contribution in [0.5, 0.6) is 0 Å². The molecule has 0 radical (unpaired) electrons. The number of pyridine rings is 1. The van der Waals surface area contributed by atoms with Crippen LogP contribution in [0.4, 0.5) is 0 Å². The molecule has 0 fully saturated rings. The minimum Gasteiger partial charge on any atom is -0.618 e. The van der Waals surface area contributed by atoms with Gasteiger partial charge in [-0.15, -0.1) is 0 Å². The van der Waals surface area contributed by atoms with Gasteiger partial charge in [0.2, 0.25) is 5.52 Å². The van der Waals surface area contributed by atoms with E-state index in [9.17, 15) is 5.21 Å². The van der Waals surface area contributed by atoms with Crippen molar-refractivity contribution in [1.82, 2.24) is 0 Å². The van der Waals surface area contributed by atoms with Gasteiger partial charge in [-0.05, 0) is 19.1 Å². The lowest BCUT2D eigenvalue weighted by molar-refractivity contribution is -0.577. The lowest BCUT2D eigenvalue weighted by atomic mass is 10.1. The summed E-state index contributed by atoms with van der Waals surface area (Å²) in [6.07, 6.45) is 1.51. The third-order valence-corrected chi connectivity index (χ3v) is 1.92. The van der Waals surface area contributed by atoms with Crippen LogP contribution in [0.2, 0.25) is 0 Å². The van der Waals surface area contributed by atoms with Crippen molar-refractivity contribution in [2.45, 2.75) is 6.92 Å². The average molecular weight is 177 g/mol. The number of fused-ring (bicyclic) bond motifs is 1. The minimum absolute atomic E-state index is 0. The highest BCUT2D eigenvalue weighted by Gasteiger charge is 2.00. The Morgan fingerprint density at radius 3 is 2.77 bits per heavy atom. The molecule has 0 bridgehead atoms. The topological polar surface area (TPSA) is 58.4 Å².